The van der Waals surface area contributed by atoms with Gasteiger partial charge in [0.05, 0.1) is 11.4 Å². The van der Waals surface area contributed by atoms with E-state index in [1.807, 2.05) is 18.2 Å². The summed E-state index contributed by atoms with van der Waals surface area (Å²) in [5, 5.41) is 0. The normalized spacial score (nSPS) is 15.3. The Morgan fingerprint density at radius 2 is 1.56 bits per heavy atom. The number of nitrogens with zero attached hydrogens (tertiary/aromatic N) is 2. The minimum Gasteiger partial charge on any atom is -0.368 e. The van der Waals surface area contributed by atoms with Gasteiger partial charge in [0.15, 0.2) is 0 Å². The lowest BCUT2D eigenvalue weighted by Gasteiger charge is -2.37. The van der Waals surface area contributed by atoms with Crippen molar-refractivity contribution in [2.75, 3.05) is 46.5 Å². The van der Waals surface area contributed by atoms with Crippen LogP contribution in [-0.4, -0.2) is 40.3 Å². The molecule has 0 bridgehead atoms. The second kappa shape index (κ2) is 7.31. The summed E-state index contributed by atoms with van der Waals surface area (Å²) in [6, 6.07) is 14.2. The lowest BCUT2D eigenvalue weighted by atomic mass is 10.2. The molecular formula is C18H22FN3O2S. The van der Waals surface area contributed by atoms with Crippen molar-refractivity contribution < 1.29 is 12.8 Å². The summed E-state index contributed by atoms with van der Waals surface area (Å²) >= 11 is 0. The van der Waals surface area contributed by atoms with E-state index in [4.69, 9.17) is 0 Å². The van der Waals surface area contributed by atoms with E-state index < -0.39 is 10.0 Å². The van der Waals surface area contributed by atoms with Crippen LogP contribution in [0.5, 0.6) is 0 Å². The fourth-order valence-electron chi connectivity index (χ4n) is 2.91. The van der Waals surface area contributed by atoms with Gasteiger partial charge in [-0.15, -0.1) is 0 Å². The van der Waals surface area contributed by atoms with E-state index in [-0.39, 0.29) is 11.6 Å². The molecule has 134 valence electrons. The summed E-state index contributed by atoms with van der Waals surface area (Å²) in [5.74, 6) is -0.143. The van der Waals surface area contributed by atoms with Crippen molar-refractivity contribution in [3.05, 3.63) is 54.3 Å². The molecule has 0 radical (unpaired) electrons. The summed E-state index contributed by atoms with van der Waals surface area (Å²) in [6.07, 6.45) is 0. The van der Waals surface area contributed by atoms with Gasteiger partial charge in [-0.3, -0.25) is 4.72 Å². The highest BCUT2D eigenvalue weighted by Crippen LogP contribution is 2.24. The first-order chi connectivity index (χ1) is 12.0. The van der Waals surface area contributed by atoms with Gasteiger partial charge in [-0.2, -0.15) is 0 Å². The Hall–Kier alpha value is -2.28. The van der Waals surface area contributed by atoms with E-state index >= 15 is 0 Å². The lowest BCUT2D eigenvalue weighted by molar-refractivity contribution is 0.597. The number of anilines is 3. The molecule has 0 saturated carbocycles. The average Bonchev–Trinajstić information content (AvgIpc) is 2.63. The Morgan fingerprint density at radius 3 is 2.16 bits per heavy atom. The standard InChI is InChI=1S/C18H22FN3O2S/c1-2-25(23,24)20-15-7-9-16(10-8-15)21-11-13-22(14-12-21)18-6-4-3-5-17(18)19/h3-10,20H,2,11-14H2,1H3. The van der Waals surface area contributed by atoms with Gasteiger partial charge in [0.2, 0.25) is 10.0 Å². The molecule has 1 aliphatic heterocycles. The molecule has 0 aliphatic carbocycles. The van der Waals surface area contributed by atoms with Crippen molar-refractivity contribution in [3.8, 4) is 0 Å². The molecule has 1 N–H and O–H groups in total. The van der Waals surface area contributed by atoms with Gasteiger partial charge >= 0.3 is 0 Å². The quantitative estimate of drug-likeness (QED) is 0.887. The van der Waals surface area contributed by atoms with Crippen molar-refractivity contribution in [1.82, 2.24) is 0 Å². The molecule has 0 spiro atoms. The van der Waals surface area contributed by atoms with E-state index in [1.165, 1.54) is 6.07 Å². The Kier molecular flexibility index (Phi) is 5.13. The third-order valence-corrected chi connectivity index (χ3v) is 5.67. The molecule has 25 heavy (non-hydrogen) atoms. The van der Waals surface area contributed by atoms with Crippen molar-refractivity contribution in [3.63, 3.8) is 0 Å². The molecule has 3 rings (SSSR count). The molecule has 2 aromatic rings. The topological polar surface area (TPSA) is 52.7 Å². The first kappa shape index (κ1) is 17.5. The average molecular weight is 363 g/mol. The summed E-state index contributed by atoms with van der Waals surface area (Å²) < 4.78 is 39.6. The number of hydrogen-bond donors (Lipinski definition) is 1. The van der Waals surface area contributed by atoms with Crippen LogP contribution in [0.4, 0.5) is 21.5 Å². The number of sulfonamides is 1. The Morgan fingerprint density at radius 1 is 0.960 bits per heavy atom. The zero-order valence-electron chi connectivity index (χ0n) is 14.2. The van der Waals surface area contributed by atoms with Crippen molar-refractivity contribution in [1.29, 1.82) is 0 Å². The number of para-hydroxylation sites is 1. The molecule has 1 aliphatic rings. The summed E-state index contributed by atoms with van der Waals surface area (Å²) in [4.78, 5) is 4.27. The van der Waals surface area contributed by atoms with Gasteiger partial charge < -0.3 is 9.80 Å². The first-order valence-electron chi connectivity index (χ1n) is 8.33. The molecule has 1 heterocycles. The second-order valence-corrected chi connectivity index (χ2v) is 7.99. The van der Waals surface area contributed by atoms with Crippen LogP contribution < -0.4 is 14.5 Å². The van der Waals surface area contributed by atoms with E-state index in [0.29, 0.717) is 11.4 Å². The molecule has 1 saturated heterocycles. The van der Waals surface area contributed by atoms with Gasteiger partial charge in [0, 0.05) is 37.6 Å². The van der Waals surface area contributed by atoms with Gasteiger partial charge in [-0.25, -0.2) is 12.8 Å². The SMILES string of the molecule is CCS(=O)(=O)Nc1ccc(N2CCN(c3ccccc3F)CC2)cc1. The van der Waals surface area contributed by atoms with Crippen molar-refractivity contribution in [2.24, 2.45) is 0 Å². The first-order valence-corrected chi connectivity index (χ1v) is 9.99. The molecule has 0 atom stereocenters. The number of hydrogen-bond acceptors (Lipinski definition) is 4. The fourth-order valence-corrected chi connectivity index (χ4v) is 3.55. The van der Waals surface area contributed by atoms with Crippen LogP contribution in [0.1, 0.15) is 6.92 Å². The highest BCUT2D eigenvalue weighted by molar-refractivity contribution is 7.92. The number of rotatable bonds is 5. The van der Waals surface area contributed by atoms with Crippen LogP contribution in [0.15, 0.2) is 48.5 Å². The Labute approximate surface area is 148 Å². The highest BCUT2D eigenvalue weighted by atomic mass is 32.2. The lowest BCUT2D eigenvalue weighted by Crippen LogP contribution is -2.46. The molecule has 0 amide bonds. The maximum Gasteiger partial charge on any atom is 0.232 e. The number of halogens is 1. The molecule has 0 aromatic heterocycles. The van der Waals surface area contributed by atoms with Gasteiger partial charge in [0.1, 0.15) is 5.82 Å². The van der Waals surface area contributed by atoms with E-state index in [9.17, 15) is 12.8 Å². The van der Waals surface area contributed by atoms with Crippen LogP contribution in [-0.2, 0) is 10.0 Å². The van der Waals surface area contributed by atoms with E-state index in [0.717, 1.165) is 31.9 Å². The summed E-state index contributed by atoms with van der Waals surface area (Å²) in [6.45, 7) is 4.66. The Bertz CT molecular complexity index is 816. The monoisotopic (exact) mass is 363 g/mol. The molecule has 1 fully saturated rings. The summed E-state index contributed by atoms with van der Waals surface area (Å²) in [7, 11) is -3.26. The number of nitrogens with one attached hydrogen (secondary N) is 1. The maximum absolute atomic E-state index is 13.9. The minimum atomic E-state index is -3.26. The smallest absolute Gasteiger partial charge is 0.232 e. The number of piperazine rings is 1. The van der Waals surface area contributed by atoms with Crippen molar-refractivity contribution >= 4 is 27.1 Å². The van der Waals surface area contributed by atoms with Gasteiger partial charge in [-0.1, -0.05) is 12.1 Å². The van der Waals surface area contributed by atoms with Crippen LogP contribution in [0.25, 0.3) is 0 Å². The highest BCUT2D eigenvalue weighted by Gasteiger charge is 2.19. The second-order valence-electron chi connectivity index (χ2n) is 5.98. The third-order valence-electron chi connectivity index (χ3n) is 4.36. The molecule has 0 unspecified atom stereocenters. The minimum absolute atomic E-state index is 0.0484. The zero-order chi connectivity index (χ0) is 17.9. The maximum atomic E-state index is 13.9. The van der Waals surface area contributed by atoms with E-state index in [1.54, 1.807) is 31.2 Å². The van der Waals surface area contributed by atoms with Crippen LogP contribution >= 0.6 is 0 Å². The largest absolute Gasteiger partial charge is 0.368 e. The van der Waals surface area contributed by atoms with Gasteiger partial charge in [0.25, 0.3) is 0 Å². The fraction of sp³-hybridized carbons (Fsp3) is 0.333. The van der Waals surface area contributed by atoms with Crippen molar-refractivity contribution in [2.45, 2.75) is 6.92 Å². The predicted octanol–water partition coefficient (Wildman–Crippen LogP) is 2.91. The zero-order valence-corrected chi connectivity index (χ0v) is 15.0. The Balaban J connectivity index is 1.62. The predicted molar refractivity (Wildman–Crippen MR) is 100 cm³/mol. The molecule has 5 nitrogen and oxygen atoms in total. The van der Waals surface area contributed by atoms with Crippen LogP contribution in [0.3, 0.4) is 0 Å². The third kappa shape index (κ3) is 4.22. The van der Waals surface area contributed by atoms with Gasteiger partial charge in [-0.05, 0) is 43.3 Å². The number of benzene rings is 2. The molecule has 2 aromatic carbocycles. The molecular weight excluding hydrogens is 341 g/mol. The molecule has 7 heteroatoms. The summed E-state index contributed by atoms with van der Waals surface area (Å²) in [5.41, 5.74) is 2.25. The van der Waals surface area contributed by atoms with E-state index in [2.05, 4.69) is 14.5 Å². The van der Waals surface area contributed by atoms with Crippen LogP contribution in [0.2, 0.25) is 0 Å². The van der Waals surface area contributed by atoms with Crippen LogP contribution in [0, 0.1) is 5.82 Å².